The Hall–Kier alpha value is -0.610. The van der Waals surface area contributed by atoms with Crippen LogP contribution in [0.5, 0.6) is 0 Å². The molecular weight excluding hydrogens is 218 g/mol. The molecule has 1 amide bonds. The maximum Gasteiger partial charge on any atom is 0.223 e. The molecular formula is C13H27NO3. The molecule has 102 valence electrons. The van der Waals surface area contributed by atoms with E-state index in [9.17, 15) is 4.79 Å². The number of amides is 1. The first-order chi connectivity index (χ1) is 7.62. The van der Waals surface area contributed by atoms with E-state index in [1.165, 1.54) is 0 Å². The minimum Gasteiger partial charge on any atom is -0.396 e. The van der Waals surface area contributed by atoms with Crippen LogP contribution in [0.2, 0.25) is 0 Å². The van der Waals surface area contributed by atoms with Gasteiger partial charge in [0.1, 0.15) is 0 Å². The molecule has 4 heteroatoms. The molecule has 1 atom stereocenters. The van der Waals surface area contributed by atoms with Crippen molar-refractivity contribution in [3.63, 3.8) is 0 Å². The average Bonchev–Trinajstić information content (AvgIpc) is 2.15. The number of hydrogen-bond acceptors (Lipinski definition) is 3. The Morgan fingerprint density at radius 2 is 1.82 bits per heavy atom. The van der Waals surface area contributed by atoms with Crippen LogP contribution >= 0.6 is 0 Å². The Labute approximate surface area is 105 Å². The minimum absolute atomic E-state index is 0.0207. The highest BCUT2D eigenvalue weighted by molar-refractivity contribution is 5.77. The smallest absolute Gasteiger partial charge is 0.223 e. The van der Waals surface area contributed by atoms with Gasteiger partial charge < -0.3 is 15.2 Å². The summed E-state index contributed by atoms with van der Waals surface area (Å²) in [5, 5.41) is 12.0. The van der Waals surface area contributed by atoms with E-state index in [0.717, 1.165) is 0 Å². The number of nitrogens with one attached hydrogen (secondary N) is 1. The third kappa shape index (κ3) is 6.64. The highest BCUT2D eigenvalue weighted by Gasteiger charge is 2.28. The molecule has 0 fully saturated rings. The maximum absolute atomic E-state index is 11.9. The van der Waals surface area contributed by atoms with E-state index < -0.39 is 5.60 Å². The lowest BCUT2D eigenvalue weighted by molar-refractivity contribution is -0.127. The second-order valence-electron chi connectivity index (χ2n) is 6.14. The molecule has 0 aromatic heterocycles. The molecule has 2 N–H and O–H groups in total. The van der Waals surface area contributed by atoms with Gasteiger partial charge in [0.05, 0.1) is 12.0 Å². The quantitative estimate of drug-likeness (QED) is 0.749. The number of methoxy groups -OCH3 is 1. The minimum atomic E-state index is -0.453. The average molecular weight is 245 g/mol. The third-order valence-electron chi connectivity index (χ3n) is 2.94. The fourth-order valence-electron chi connectivity index (χ4n) is 1.55. The number of carbonyl (C=O) groups is 1. The summed E-state index contributed by atoms with van der Waals surface area (Å²) < 4.78 is 5.23. The van der Waals surface area contributed by atoms with Gasteiger partial charge in [0, 0.05) is 19.8 Å². The molecule has 0 radical (unpaired) electrons. The fourth-order valence-corrected chi connectivity index (χ4v) is 1.55. The van der Waals surface area contributed by atoms with Crippen molar-refractivity contribution in [2.45, 2.75) is 59.1 Å². The maximum atomic E-state index is 11.9. The summed E-state index contributed by atoms with van der Waals surface area (Å²) in [6.07, 6.45) is 0.893. The van der Waals surface area contributed by atoms with Crippen molar-refractivity contribution >= 4 is 5.91 Å². The van der Waals surface area contributed by atoms with Gasteiger partial charge in [0.15, 0.2) is 0 Å². The predicted molar refractivity (Wildman–Crippen MR) is 68.8 cm³/mol. The zero-order chi connectivity index (χ0) is 13.7. The van der Waals surface area contributed by atoms with Crippen LogP contribution in [0.3, 0.4) is 0 Å². The van der Waals surface area contributed by atoms with Crippen molar-refractivity contribution < 1.29 is 14.6 Å². The van der Waals surface area contributed by atoms with Gasteiger partial charge in [-0.15, -0.1) is 0 Å². The van der Waals surface area contributed by atoms with E-state index in [0.29, 0.717) is 12.8 Å². The summed E-state index contributed by atoms with van der Waals surface area (Å²) in [5.41, 5.74) is -0.513. The van der Waals surface area contributed by atoms with Crippen LogP contribution in [0, 0.1) is 5.41 Å². The summed E-state index contributed by atoms with van der Waals surface area (Å²) in [6.45, 7) is 9.99. The molecule has 17 heavy (non-hydrogen) atoms. The topological polar surface area (TPSA) is 58.6 Å². The van der Waals surface area contributed by atoms with Crippen LogP contribution in [0.4, 0.5) is 0 Å². The van der Waals surface area contributed by atoms with Crippen molar-refractivity contribution in [2.24, 2.45) is 5.41 Å². The molecule has 0 saturated heterocycles. The summed E-state index contributed by atoms with van der Waals surface area (Å²) in [5.74, 6) is -0.0368. The first kappa shape index (κ1) is 16.4. The predicted octanol–water partition coefficient (Wildman–Crippen LogP) is 1.71. The van der Waals surface area contributed by atoms with Gasteiger partial charge >= 0.3 is 0 Å². The monoisotopic (exact) mass is 245 g/mol. The lowest BCUT2D eigenvalue weighted by atomic mass is 9.84. The Kier molecular flexibility index (Phi) is 6.13. The normalized spacial score (nSPS) is 14.5. The Morgan fingerprint density at radius 3 is 2.18 bits per heavy atom. The van der Waals surface area contributed by atoms with Crippen LogP contribution in [0.25, 0.3) is 0 Å². The number of carbonyl (C=O) groups excluding carboxylic acids is 1. The number of aliphatic hydroxyl groups is 1. The highest BCUT2D eigenvalue weighted by Crippen LogP contribution is 2.22. The van der Waals surface area contributed by atoms with Crippen LogP contribution in [0.15, 0.2) is 0 Å². The largest absolute Gasteiger partial charge is 0.396 e. The van der Waals surface area contributed by atoms with Crippen molar-refractivity contribution in [2.75, 3.05) is 13.7 Å². The molecule has 0 heterocycles. The Morgan fingerprint density at radius 1 is 1.29 bits per heavy atom. The molecule has 1 unspecified atom stereocenters. The Balaban J connectivity index is 4.42. The molecule has 0 aromatic carbocycles. The van der Waals surface area contributed by atoms with Crippen molar-refractivity contribution in [1.29, 1.82) is 0 Å². The zero-order valence-electron chi connectivity index (χ0n) is 12.0. The second kappa shape index (κ2) is 6.36. The van der Waals surface area contributed by atoms with E-state index in [1.54, 1.807) is 7.11 Å². The van der Waals surface area contributed by atoms with Crippen LogP contribution in [-0.2, 0) is 9.53 Å². The van der Waals surface area contributed by atoms with Gasteiger partial charge in [-0.2, -0.15) is 0 Å². The number of rotatable bonds is 6. The van der Waals surface area contributed by atoms with E-state index in [2.05, 4.69) is 26.1 Å². The lowest BCUT2D eigenvalue weighted by Crippen LogP contribution is -2.46. The SMILES string of the molecule is COC(C)(C)CC(=O)NC(CCO)C(C)(C)C. The number of hydrogen-bond donors (Lipinski definition) is 2. The molecule has 0 aromatic rings. The first-order valence-corrected chi connectivity index (χ1v) is 6.08. The molecule has 0 spiro atoms. The van der Waals surface area contributed by atoms with Gasteiger partial charge in [-0.25, -0.2) is 0 Å². The van der Waals surface area contributed by atoms with Crippen LogP contribution in [0.1, 0.15) is 47.5 Å². The van der Waals surface area contributed by atoms with Crippen molar-refractivity contribution in [3.05, 3.63) is 0 Å². The first-order valence-electron chi connectivity index (χ1n) is 6.08. The Bertz CT molecular complexity index is 244. The lowest BCUT2D eigenvalue weighted by Gasteiger charge is -2.32. The van der Waals surface area contributed by atoms with E-state index in [-0.39, 0.29) is 24.0 Å². The molecule has 0 saturated carbocycles. The molecule has 0 aliphatic heterocycles. The second-order valence-corrected chi connectivity index (χ2v) is 6.14. The summed E-state index contributed by atoms with van der Waals surface area (Å²) in [7, 11) is 1.60. The number of aliphatic hydroxyl groups excluding tert-OH is 1. The third-order valence-corrected chi connectivity index (χ3v) is 2.94. The van der Waals surface area contributed by atoms with Gasteiger partial charge in [0.25, 0.3) is 0 Å². The molecule has 0 bridgehead atoms. The van der Waals surface area contributed by atoms with Gasteiger partial charge in [-0.05, 0) is 25.7 Å². The zero-order valence-corrected chi connectivity index (χ0v) is 12.0. The summed E-state index contributed by atoms with van der Waals surface area (Å²) in [6, 6.07) is -0.0207. The molecule has 0 rings (SSSR count). The number of ether oxygens (including phenoxy) is 1. The standard InChI is InChI=1S/C13H27NO3/c1-12(2,3)10(7-8-15)14-11(16)9-13(4,5)17-6/h10,15H,7-9H2,1-6H3,(H,14,16). The molecule has 0 aliphatic rings. The summed E-state index contributed by atoms with van der Waals surface area (Å²) in [4.78, 5) is 11.9. The fraction of sp³-hybridized carbons (Fsp3) is 0.923. The van der Waals surface area contributed by atoms with Gasteiger partial charge in [0.2, 0.25) is 5.91 Å². The highest BCUT2D eigenvalue weighted by atomic mass is 16.5. The summed E-state index contributed by atoms with van der Waals surface area (Å²) >= 11 is 0. The van der Waals surface area contributed by atoms with Gasteiger partial charge in [-0.1, -0.05) is 20.8 Å². The molecule has 0 aliphatic carbocycles. The van der Waals surface area contributed by atoms with Gasteiger partial charge in [-0.3, -0.25) is 4.79 Å². The van der Waals surface area contributed by atoms with E-state index in [1.807, 2.05) is 13.8 Å². The van der Waals surface area contributed by atoms with Crippen LogP contribution < -0.4 is 5.32 Å². The van der Waals surface area contributed by atoms with Crippen molar-refractivity contribution in [3.8, 4) is 0 Å². The van der Waals surface area contributed by atoms with Crippen LogP contribution in [-0.4, -0.2) is 36.4 Å². The van der Waals surface area contributed by atoms with E-state index in [4.69, 9.17) is 9.84 Å². The van der Waals surface area contributed by atoms with Crippen molar-refractivity contribution in [1.82, 2.24) is 5.32 Å². The molecule has 4 nitrogen and oxygen atoms in total. The van der Waals surface area contributed by atoms with E-state index >= 15 is 0 Å².